The average molecular weight is 203 g/mol. The molecule has 0 fully saturated rings. The molecular formula is C7H11ClN4O. The maximum atomic E-state index is 8.29. The predicted octanol–water partition coefficient (Wildman–Crippen LogP) is 0.981. The van der Waals surface area contributed by atoms with Gasteiger partial charge < -0.3 is 10.9 Å². The van der Waals surface area contributed by atoms with Gasteiger partial charge in [0.1, 0.15) is 5.84 Å². The lowest BCUT2D eigenvalue weighted by atomic mass is 10.4. The van der Waals surface area contributed by atoms with Crippen molar-refractivity contribution < 1.29 is 5.21 Å². The van der Waals surface area contributed by atoms with Gasteiger partial charge >= 0.3 is 0 Å². The Labute approximate surface area is 80.8 Å². The highest BCUT2D eigenvalue weighted by Crippen LogP contribution is 2.13. The topological polar surface area (TPSA) is 76.4 Å². The van der Waals surface area contributed by atoms with E-state index in [1.807, 2.05) is 6.92 Å². The van der Waals surface area contributed by atoms with Gasteiger partial charge in [-0.2, -0.15) is 5.10 Å². The largest absolute Gasteiger partial charge is 0.409 e. The molecule has 1 heterocycles. The molecule has 6 heteroatoms. The maximum absolute atomic E-state index is 8.29. The van der Waals surface area contributed by atoms with Crippen LogP contribution in [0.15, 0.2) is 11.4 Å². The summed E-state index contributed by atoms with van der Waals surface area (Å²) in [4.78, 5) is 0. The van der Waals surface area contributed by atoms with Crippen LogP contribution in [0.3, 0.4) is 0 Å². The fraction of sp³-hybridized carbons (Fsp3) is 0.429. The third kappa shape index (κ3) is 2.35. The number of aromatic nitrogens is 2. The lowest BCUT2D eigenvalue weighted by molar-refractivity contribution is 0.316. The molecule has 0 radical (unpaired) electrons. The summed E-state index contributed by atoms with van der Waals surface area (Å²) in [5.74, 6) is 0.186. The van der Waals surface area contributed by atoms with Crippen LogP contribution in [0.25, 0.3) is 0 Å². The van der Waals surface area contributed by atoms with Crippen molar-refractivity contribution in [2.45, 2.75) is 19.9 Å². The Morgan fingerprint density at radius 1 is 1.85 bits per heavy atom. The molecule has 0 bridgehead atoms. The summed E-state index contributed by atoms with van der Waals surface area (Å²) >= 11 is 5.78. The van der Waals surface area contributed by atoms with Crippen molar-refractivity contribution in [3.05, 3.63) is 16.9 Å². The molecule has 0 amide bonds. The molecule has 0 saturated carbocycles. The highest BCUT2D eigenvalue weighted by atomic mass is 35.5. The van der Waals surface area contributed by atoms with Crippen molar-refractivity contribution >= 4 is 17.4 Å². The van der Waals surface area contributed by atoms with Crippen LogP contribution in [0.2, 0.25) is 5.02 Å². The number of nitrogens with two attached hydrogens (primary N) is 1. The Morgan fingerprint density at radius 2 is 2.54 bits per heavy atom. The SMILES string of the molecule is Cc1c(Cl)cnn1CC/C(N)=N/O. The van der Waals surface area contributed by atoms with Crippen LogP contribution in [-0.2, 0) is 6.54 Å². The first kappa shape index (κ1) is 9.85. The number of aryl methyl sites for hydroxylation is 1. The van der Waals surface area contributed by atoms with E-state index in [0.717, 1.165) is 5.69 Å². The zero-order valence-electron chi connectivity index (χ0n) is 7.24. The van der Waals surface area contributed by atoms with Crippen molar-refractivity contribution in [2.24, 2.45) is 10.9 Å². The Hall–Kier alpha value is -1.23. The zero-order valence-corrected chi connectivity index (χ0v) is 7.99. The van der Waals surface area contributed by atoms with E-state index >= 15 is 0 Å². The highest BCUT2D eigenvalue weighted by molar-refractivity contribution is 6.31. The van der Waals surface area contributed by atoms with Crippen LogP contribution < -0.4 is 5.73 Å². The van der Waals surface area contributed by atoms with E-state index in [1.54, 1.807) is 10.9 Å². The van der Waals surface area contributed by atoms with Gasteiger partial charge in [0.25, 0.3) is 0 Å². The van der Waals surface area contributed by atoms with E-state index in [9.17, 15) is 0 Å². The van der Waals surface area contributed by atoms with Crippen molar-refractivity contribution in [2.75, 3.05) is 0 Å². The molecule has 0 aromatic carbocycles. The average Bonchev–Trinajstić information content (AvgIpc) is 2.44. The fourth-order valence-corrected chi connectivity index (χ4v) is 1.06. The first-order valence-corrected chi connectivity index (χ1v) is 4.17. The lowest BCUT2D eigenvalue weighted by Crippen LogP contribution is -2.15. The Kier molecular flexibility index (Phi) is 3.13. The van der Waals surface area contributed by atoms with Crippen LogP contribution in [0.1, 0.15) is 12.1 Å². The molecule has 0 saturated heterocycles. The monoisotopic (exact) mass is 202 g/mol. The molecule has 0 atom stereocenters. The first-order chi connectivity index (χ1) is 6.15. The second-order valence-corrected chi connectivity index (χ2v) is 3.05. The van der Waals surface area contributed by atoms with Crippen LogP contribution in [0.4, 0.5) is 0 Å². The molecule has 1 aromatic heterocycles. The minimum atomic E-state index is 0.186. The number of amidine groups is 1. The molecule has 3 N–H and O–H groups in total. The molecular weight excluding hydrogens is 192 g/mol. The quantitative estimate of drug-likeness (QED) is 0.332. The molecule has 0 spiro atoms. The summed E-state index contributed by atoms with van der Waals surface area (Å²) < 4.78 is 1.71. The van der Waals surface area contributed by atoms with Gasteiger partial charge in [0, 0.05) is 13.0 Å². The van der Waals surface area contributed by atoms with E-state index in [2.05, 4.69) is 10.3 Å². The van der Waals surface area contributed by atoms with E-state index in [4.69, 9.17) is 22.5 Å². The van der Waals surface area contributed by atoms with Crippen molar-refractivity contribution in [1.29, 1.82) is 0 Å². The number of hydrogen-bond donors (Lipinski definition) is 2. The molecule has 13 heavy (non-hydrogen) atoms. The molecule has 0 aliphatic heterocycles. The molecule has 1 aromatic rings. The van der Waals surface area contributed by atoms with Gasteiger partial charge in [0.05, 0.1) is 16.9 Å². The van der Waals surface area contributed by atoms with Gasteiger partial charge in [-0.25, -0.2) is 0 Å². The van der Waals surface area contributed by atoms with E-state index < -0.39 is 0 Å². The van der Waals surface area contributed by atoms with Gasteiger partial charge in [-0.1, -0.05) is 16.8 Å². The summed E-state index contributed by atoms with van der Waals surface area (Å²) in [6.45, 7) is 2.43. The van der Waals surface area contributed by atoms with Crippen molar-refractivity contribution in [3.63, 3.8) is 0 Å². The predicted molar refractivity (Wildman–Crippen MR) is 50.0 cm³/mol. The minimum Gasteiger partial charge on any atom is -0.409 e. The molecule has 0 aliphatic rings. The summed E-state index contributed by atoms with van der Waals surface area (Å²) in [7, 11) is 0. The van der Waals surface area contributed by atoms with Gasteiger partial charge in [-0.3, -0.25) is 4.68 Å². The normalized spacial score (nSPS) is 12.0. The number of oxime groups is 1. The van der Waals surface area contributed by atoms with Gasteiger partial charge in [-0.15, -0.1) is 0 Å². The molecule has 72 valence electrons. The summed E-state index contributed by atoms with van der Waals surface area (Å²) in [5, 5.41) is 15.8. The summed E-state index contributed by atoms with van der Waals surface area (Å²) in [6.07, 6.45) is 2.03. The standard InChI is InChI=1S/C7H11ClN4O/c1-5-6(8)4-10-12(5)3-2-7(9)11-13/h4,13H,2-3H2,1H3,(H2,9,11). The highest BCUT2D eigenvalue weighted by Gasteiger charge is 2.03. The van der Waals surface area contributed by atoms with Gasteiger partial charge in [0.15, 0.2) is 0 Å². The maximum Gasteiger partial charge on any atom is 0.140 e. The van der Waals surface area contributed by atoms with Gasteiger partial charge in [0.2, 0.25) is 0 Å². The zero-order chi connectivity index (χ0) is 9.84. The molecule has 0 unspecified atom stereocenters. The van der Waals surface area contributed by atoms with Crippen molar-refractivity contribution in [1.82, 2.24) is 9.78 Å². The molecule has 0 aliphatic carbocycles. The van der Waals surface area contributed by atoms with E-state index in [0.29, 0.717) is 18.0 Å². The first-order valence-electron chi connectivity index (χ1n) is 3.79. The van der Waals surface area contributed by atoms with Crippen LogP contribution >= 0.6 is 11.6 Å². The lowest BCUT2D eigenvalue weighted by Gasteiger charge is -2.02. The summed E-state index contributed by atoms with van der Waals surface area (Å²) in [6, 6.07) is 0. The molecule has 1 rings (SSSR count). The smallest absolute Gasteiger partial charge is 0.140 e. The number of hydrogen-bond acceptors (Lipinski definition) is 3. The number of nitrogens with zero attached hydrogens (tertiary/aromatic N) is 3. The van der Waals surface area contributed by atoms with E-state index in [-0.39, 0.29) is 5.84 Å². The summed E-state index contributed by atoms with van der Waals surface area (Å²) in [5.41, 5.74) is 6.19. The number of halogens is 1. The molecule has 5 nitrogen and oxygen atoms in total. The number of rotatable bonds is 3. The minimum absolute atomic E-state index is 0.186. The third-order valence-corrected chi connectivity index (χ3v) is 2.12. The van der Waals surface area contributed by atoms with Crippen molar-refractivity contribution in [3.8, 4) is 0 Å². The van der Waals surface area contributed by atoms with Crippen LogP contribution in [-0.4, -0.2) is 20.8 Å². The Bertz CT molecular complexity index is 320. The Morgan fingerprint density at radius 3 is 3.00 bits per heavy atom. The van der Waals surface area contributed by atoms with E-state index in [1.165, 1.54) is 0 Å². The fourth-order valence-electron chi connectivity index (χ4n) is 0.920. The van der Waals surface area contributed by atoms with Crippen LogP contribution in [0.5, 0.6) is 0 Å². The third-order valence-electron chi connectivity index (χ3n) is 1.75. The Balaban J connectivity index is 2.60. The second kappa shape index (κ2) is 4.13. The second-order valence-electron chi connectivity index (χ2n) is 2.64. The van der Waals surface area contributed by atoms with Gasteiger partial charge in [-0.05, 0) is 6.92 Å². The van der Waals surface area contributed by atoms with Crippen LogP contribution in [0, 0.1) is 6.92 Å².